The third-order valence-electron chi connectivity index (χ3n) is 2.42. The molecule has 0 saturated carbocycles. The van der Waals surface area contributed by atoms with Gasteiger partial charge in [0.25, 0.3) is 0 Å². The fourth-order valence-electron chi connectivity index (χ4n) is 1.62. The first-order chi connectivity index (χ1) is 8.13. The first-order valence-electron chi connectivity index (χ1n) is 4.97. The lowest BCUT2D eigenvalue weighted by atomic mass is 10.1. The molecule has 1 aliphatic rings. The van der Waals surface area contributed by atoms with E-state index in [1.807, 2.05) is 0 Å². The lowest BCUT2D eigenvalue weighted by Crippen LogP contribution is -2.19. The zero-order valence-corrected chi connectivity index (χ0v) is 9.14. The average molecular weight is 237 g/mol. The number of hydrogen-bond donors (Lipinski definition) is 2. The summed E-state index contributed by atoms with van der Waals surface area (Å²) in [5.41, 5.74) is 0.139. The molecule has 0 unspecified atom stereocenters. The number of methoxy groups -OCH3 is 1. The van der Waals surface area contributed by atoms with E-state index in [9.17, 15) is 15.2 Å². The Balaban J connectivity index is 2.54. The van der Waals surface area contributed by atoms with Crippen LogP contribution in [0.5, 0.6) is 11.5 Å². The molecule has 1 aromatic rings. The van der Waals surface area contributed by atoms with Crippen molar-refractivity contribution < 1.29 is 14.8 Å². The Morgan fingerprint density at radius 2 is 2.35 bits per heavy atom. The summed E-state index contributed by atoms with van der Waals surface area (Å²) in [5.74, 6) is 0.164. The van der Waals surface area contributed by atoms with Gasteiger partial charge in [-0.2, -0.15) is 0 Å². The van der Waals surface area contributed by atoms with E-state index in [4.69, 9.17) is 4.74 Å². The van der Waals surface area contributed by atoms with Crippen molar-refractivity contribution in [2.24, 2.45) is 4.99 Å². The van der Waals surface area contributed by atoms with Gasteiger partial charge in [0, 0.05) is 18.2 Å². The van der Waals surface area contributed by atoms with Crippen molar-refractivity contribution in [3.8, 4) is 11.5 Å². The van der Waals surface area contributed by atoms with Gasteiger partial charge in [-0.3, -0.25) is 15.1 Å². The molecule has 0 saturated heterocycles. The van der Waals surface area contributed by atoms with Gasteiger partial charge in [0.15, 0.2) is 5.75 Å². The van der Waals surface area contributed by atoms with Gasteiger partial charge >= 0.3 is 5.69 Å². The molecule has 0 spiro atoms. The Kier molecular flexibility index (Phi) is 2.82. The Morgan fingerprint density at radius 3 is 2.88 bits per heavy atom. The Bertz CT molecular complexity index is 499. The summed E-state index contributed by atoms with van der Waals surface area (Å²) in [6.07, 6.45) is 0. The molecule has 1 heterocycles. The van der Waals surface area contributed by atoms with Crippen LogP contribution in [0.3, 0.4) is 0 Å². The number of ether oxygens (including phenoxy) is 1. The minimum Gasteiger partial charge on any atom is -0.500 e. The lowest BCUT2D eigenvalue weighted by molar-refractivity contribution is -0.386. The first-order valence-corrected chi connectivity index (χ1v) is 4.97. The second-order valence-electron chi connectivity index (χ2n) is 3.46. The van der Waals surface area contributed by atoms with Crippen molar-refractivity contribution in [3.63, 3.8) is 0 Å². The van der Waals surface area contributed by atoms with Crippen molar-refractivity contribution >= 4 is 11.5 Å². The van der Waals surface area contributed by atoms with Crippen LogP contribution in [0.4, 0.5) is 5.69 Å². The van der Waals surface area contributed by atoms with Crippen LogP contribution in [0.1, 0.15) is 5.56 Å². The largest absolute Gasteiger partial charge is 0.500 e. The highest BCUT2D eigenvalue weighted by Crippen LogP contribution is 2.36. The molecular formula is C10H11N3O4. The number of nitrogens with one attached hydrogen (secondary N) is 1. The number of nitrogens with zero attached hydrogens (tertiary/aromatic N) is 2. The van der Waals surface area contributed by atoms with E-state index in [-0.39, 0.29) is 5.75 Å². The predicted molar refractivity (Wildman–Crippen MR) is 60.7 cm³/mol. The average Bonchev–Trinajstić information content (AvgIpc) is 2.82. The molecule has 7 nitrogen and oxygen atoms in total. The molecule has 0 bridgehead atoms. The minimum atomic E-state index is -0.656. The number of amidine groups is 1. The molecule has 7 heteroatoms. The van der Waals surface area contributed by atoms with Crippen molar-refractivity contribution in [3.05, 3.63) is 27.8 Å². The normalized spacial score (nSPS) is 14.1. The molecular weight excluding hydrogens is 226 g/mol. The van der Waals surface area contributed by atoms with Gasteiger partial charge in [0.2, 0.25) is 5.75 Å². The number of nitro benzene ring substituents is 1. The molecule has 0 aromatic heterocycles. The fourth-order valence-corrected chi connectivity index (χ4v) is 1.62. The van der Waals surface area contributed by atoms with Crippen LogP contribution in [-0.4, -0.2) is 36.1 Å². The third-order valence-corrected chi connectivity index (χ3v) is 2.42. The zero-order chi connectivity index (χ0) is 12.4. The number of aromatic hydroxyl groups is 1. The van der Waals surface area contributed by atoms with E-state index in [0.29, 0.717) is 24.5 Å². The van der Waals surface area contributed by atoms with Crippen molar-refractivity contribution in [2.75, 3.05) is 20.2 Å². The van der Waals surface area contributed by atoms with Gasteiger partial charge in [-0.05, 0) is 6.07 Å². The summed E-state index contributed by atoms with van der Waals surface area (Å²) >= 11 is 0. The third kappa shape index (κ3) is 1.99. The highest BCUT2D eigenvalue weighted by Gasteiger charge is 2.22. The maximum absolute atomic E-state index is 10.8. The maximum Gasteiger partial charge on any atom is 0.315 e. The van der Waals surface area contributed by atoms with Crippen LogP contribution in [-0.2, 0) is 0 Å². The Hall–Kier alpha value is -2.31. The summed E-state index contributed by atoms with van der Waals surface area (Å²) in [4.78, 5) is 14.3. The molecule has 1 aliphatic heterocycles. The minimum absolute atomic E-state index is 0.0607. The van der Waals surface area contributed by atoms with Crippen LogP contribution < -0.4 is 10.1 Å². The Morgan fingerprint density at radius 1 is 1.59 bits per heavy atom. The van der Waals surface area contributed by atoms with Crippen molar-refractivity contribution in [2.45, 2.75) is 0 Å². The molecule has 0 radical (unpaired) electrons. The van der Waals surface area contributed by atoms with E-state index in [1.165, 1.54) is 19.2 Å². The number of nitro groups is 1. The summed E-state index contributed by atoms with van der Waals surface area (Å²) in [7, 11) is 1.34. The van der Waals surface area contributed by atoms with Crippen LogP contribution >= 0.6 is 0 Å². The standard InChI is InChI=1S/C10H11N3O4/c1-17-8-5-6(10-11-2-3-12-10)4-7(9(8)14)13(15)16/h4-5,14H,2-3H2,1H3,(H,11,12). The number of aliphatic imine (C=N–C) groups is 1. The van der Waals surface area contributed by atoms with E-state index in [0.717, 1.165) is 0 Å². The van der Waals surface area contributed by atoms with Crippen molar-refractivity contribution in [1.29, 1.82) is 0 Å². The topological polar surface area (TPSA) is 97.0 Å². The van der Waals surface area contributed by atoms with Crippen molar-refractivity contribution in [1.82, 2.24) is 5.32 Å². The molecule has 0 fully saturated rings. The second-order valence-corrected chi connectivity index (χ2v) is 3.46. The summed E-state index contributed by atoms with van der Waals surface area (Å²) in [5, 5.41) is 23.4. The number of rotatable bonds is 3. The number of phenolic OH excluding ortho intramolecular Hbond substituents is 1. The highest BCUT2D eigenvalue weighted by molar-refractivity contribution is 6.01. The van der Waals surface area contributed by atoms with E-state index in [1.54, 1.807) is 0 Å². The summed E-state index contributed by atoms with van der Waals surface area (Å²) in [6.45, 7) is 1.33. The van der Waals surface area contributed by atoms with Gasteiger partial charge < -0.3 is 15.2 Å². The fraction of sp³-hybridized carbons (Fsp3) is 0.300. The van der Waals surface area contributed by atoms with Crippen LogP contribution in [0.25, 0.3) is 0 Å². The molecule has 2 N–H and O–H groups in total. The lowest BCUT2D eigenvalue weighted by Gasteiger charge is -2.07. The number of hydrogen-bond acceptors (Lipinski definition) is 6. The SMILES string of the molecule is COc1cc(C2=NCCN2)cc([N+](=O)[O-])c1O. The van der Waals surface area contributed by atoms with Crippen LogP contribution in [0.2, 0.25) is 0 Å². The van der Waals surface area contributed by atoms with Crippen LogP contribution in [0, 0.1) is 10.1 Å². The van der Waals surface area contributed by atoms with E-state index in [2.05, 4.69) is 10.3 Å². The van der Waals surface area contributed by atoms with Gasteiger partial charge in [0.1, 0.15) is 5.84 Å². The summed E-state index contributed by atoms with van der Waals surface area (Å²) < 4.78 is 4.90. The molecule has 17 heavy (non-hydrogen) atoms. The second kappa shape index (κ2) is 4.28. The number of phenols is 1. The van der Waals surface area contributed by atoms with E-state index < -0.39 is 16.4 Å². The van der Waals surface area contributed by atoms with Gasteiger partial charge in [0.05, 0.1) is 18.6 Å². The Labute approximate surface area is 96.9 Å². The summed E-state index contributed by atoms with van der Waals surface area (Å²) in [6, 6.07) is 2.79. The molecule has 0 aliphatic carbocycles. The molecule has 0 amide bonds. The molecule has 2 rings (SSSR count). The number of benzene rings is 1. The van der Waals surface area contributed by atoms with Gasteiger partial charge in [-0.15, -0.1) is 0 Å². The smallest absolute Gasteiger partial charge is 0.315 e. The quantitative estimate of drug-likeness (QED) is 0.594. The van der Waals surface area contributed by atoms with E-state index >= 15 is 0 Å². The molecule has 1 aromatic carbocycles. The zero-order valence-electron chi connectivity index (χ0n) is 9.14. The van der Waals surface area contributed by atoms with Gasteiger partial charge in [-0.1, -0.05) is 0 Å². The molecule has 90 valence electrons. The first kappa shape index (κ1) is 11.2. The van der Waals surface area contributed by atoms with Gasteiger partial charge in [-0.25, -0.2) is 0 Å². The predicted octanol–water partition coefficient (Wildman–Crippen LogP) is 0.659. The molecule has 0 atom stereocenters. The maximum atomic E-state index is 10.8. The van der Waals surface area contributed by atoms with Crippen LogP contribution in [0.15, 0.2) is 17.1 Å². The highest BCUT2D eigenvalue weighted by atomic mass is 16.6. The monoisotopic (exact) mass is 237 g/mol.